The van der Waals surface area contributed by atoms with Crippen molar-refractivity contribution in [3.63, 3.8) is 0 Å². The molecular weight excluding hydrogens is 364 g/mol. The maximum Gasteiger partial charge on any atom is 0.273 e. The zero-order chi connectivity index (χ0) is 15.5. The number of carbonyl (C=O) groups is 1. The summed E-state index contributed by atoms with van der Waals surface area (Å²) in [5.74, 6) is 0.580. The second-order valence-corrected chi connectivity index (χ2v) is 6.58. The van der Waals surface area contributed by atoms with Crippen molar-refractivity contribution in [1.29, 1.82) is 0 Å². The van der Waals surface area contributed by atoms with Crippen molar-refractivity contribution in [2.24, 2.45) is 0 Å². The number of aromatic nitrogens is 1. The van der Waals surface area contributed by atoms with Gasteiger partial charge in [-0.05, 0) is 29.8 Å². The molecule has 0 aliphatic carbocycles. The van der Waals surface area contributed by atoms with Crippen molar-refractivity contribution in [2.75, 3.05) is 7.05 Å². The number of furan rings is 1. The predicted octanol–water partition coefficient (Wildman–Crippen LogP) is 4.44. The largest absolute Gasteiger partial charge is 0.462 e. The average molecular weight is 377 g/mol. The fourth-order valence-corrected chi connectivity index (χ4v) is 3.04. The molecule has 2 aromatic heterocycles. The van der Waals surface area contributed by atoms with Crippen LogP contribution in [0.5, 0.6) is 0 Å². The minimum absolute atomic E-state index is 0.100. The van der Waals surface area contributed by atoms with Gasteiger partial charge in [-0.15, -0.1) is 11.3 Å². The van der Waals surface area contributed by atoms with Crippen molar-refractivity contribution in [1.82, 2.24) is 9.88 Å². The highest BCUT2D eigenvalue weighted by Gasteiger charge is 2.17. The fourth-order valence-electron chi connectivity index (χ4n) is 2.02. The molecule has 0 saturated heterocycles. The molecule has 0 aliphatic rings. The topological polar surface area (TPSA) is 46.3 Å². The summed E-state index contributed by atoms with van der Waals surface area (Å²) >= 11 is 4.80. The highest BCUT2D eigenvalue weighted by molar-refractivity contribution is 9.10. The third-order valence-corrected chi connectivity index (χ3v) is 4.52. The molecule has 1 aromatic carbocycles. The smallest absolute Gasteiger partial charge is 0.273 e. The van der Waals surface area contributed by atoms with Crippen LogP contribution in [0.4, 0.5) is 0 Å². The van der Waals surface area contributed by atoms with E-state index in [9.17, 15) is 4.79 Å². The molecule has 2 heterocycles. The van der Waals surface area contributed by atoms with Crippen molar-refractivity contribution < 1.29 is 9.21 Å². The molecule has 22 heavy (non-hydrogen) atoms. The molecule has 0 atom stereocenters. The summed E-state index contributed by atoms with van der Waals surface area (Å²) in [6.45, 7) is 0.541. The molecule has 112 valence electrons. The first-order valence-electron chi connectivity index (χ1n) is 6.63. The van der Waals surface area contributed by atoms with Crippen LogP contribution in [-0.4, -0.2) is 22.8 Å². The Hall–Kier alpha value is -1.92. The minimum atomic E-state index is -0.100. The highest BCUT2D eigenvalue weighted by atomic mass is 79.9. The first-order chi connectivity index (χ1) is 10.6. The summed E-state index contributed by atoms with van der Waals surface area (Å²) in [6.07, 6.45) is 1.60. The van der Waals surface area contributed by atoms with Crippen LogP contribution >= 0.6 is 27.3 Å². The summed E-state index contributed by atoms with van der Waals surface area (Å²) in [6, 6.07) is 11.5. The van der Waals surface area contributed by atoms with Crippen LogP contribution in [0.2, 0.25) is 0 Å². The van der Waals surface area contributed by atoms with Gasteiger partial charge in [0.25, 0.3) is 5.91 Å². The molecule has 0 saturated carbocycles. The predicted molar refractivity (Wildman–Crippen MR) is 89.8 cm³/mol. The van der Waals surface area contributed by atoms with Gasteiger partial charge in [0.1, 0.15) is 5.69 Å². The molecule has 0 unspecified atom stereocenters. The van der Waals surface area contributed by atoms with Gasteiger partial charge in [0.05, 0.1) is 6.26 Å². The zero-order valence-corrected chi connectivity index (χ0v) is 14.2. The minimum Gasteiger partial charge on any atom is -0.462 e. The van der Waals surface area contributed by atoms with Gasteiger partial charge in [0.15, 0.2) is 10.8 Å². The standard InChI is InChI=1S/C16H13BrN2O2S/c1-19(9-11-4-6-12(17)7-5-11)16(20)13-10-22-15(18-13)14-3-2-8-21-14/h2-8,10H,9H2,1H3. The van der Waals surface area contributed by atoms with Gasteiger partial charge in [-0.25, -0.2) is 4.98 Å². The molecule has 0 bridgehead atoms. The van der Waals surface area contributed by atoms with E-state index in [0.29, 0.717) is 23.0 Å². The lowest BCUT2D eigenvalue weighted by Gasteiger charge is -2.16. The van der Waals surface area contributed by atoms with Crippen LogP contribution in [0, 0.1) is 0 Å². The maximum atomic E-state index is 12.4. The van der Waals surface area contributed by atoms with Crippen LogP contribution in [0.25, 0.3) is 10.8 Å². The van der Waals surface area contributed by atoms with Gasteiger partial charge in [-0.1, -0.05) is 28.1 Å². The fraction of sp³-hybridized carbons (Fsp3) is 0.125. The average Bonchev–Trinajstić information content (AvgIpc) is 3.19. The molecule has 4 nitrogen and oxygen atoms in total. The summed E-state index contributed by atoms with van der Waals surface area (Å²) < 4.78 is 6.32. The molecule has 0 aliphatic heterocycles. The van der Waals surface area contributed by atoms with Gasteiger partial charge < -0.3 is 9.32 Å². The lowest BCUT2D eigenvalue weighted by Crippen LogP contribution is -2.26. The number of rotatable bonds is 4. The Labute approximate surface area is 140 Å². The lowest BCUT2D eigenvalue weighted by molar-refractivity contribution is 0.0780. The Morgan fingerprint density at radius 1 is 1.32 bits per heavy atom. The van der Waals surface area contributed by atoms with Crippen LogP contribution < -0.4 is 0 Å². The van der Waals surface area contributed by atoms with E-state index in [2.05, 4.69) is 20.9 Å². The summed E-state index contributed by atoms with van der Waals surface area (Å²) in [4.78, 5) is 18.4. The van der Waals surface area contributed by atoms with E-state index in [-0.39, 0.29) is 5.91 Å². The third-order valence-electron chi connectivity index (χ3n) is 3.13. The number of carbonyl (C=O) groups excluding carboxylic acids is 1. The summed E-state index contributed by atoms with van der Waals surface area (Å²) in [7, 11) is 1.77. The van der Waals surface area contributed by atoms with E-state index in [4.69, 9.17) is 4.42 Å². The molecule has 3 rings (SSSR count). The number of halogens is 1. The first kappa shape index (κ1) is 15.0. The highest BCUT2D eigenvalue weighted by Crippen LogP contribution is 2.24. The number of amides is 1. The summed E-state index contributed by atoms with van der Waals surface area (Å²) in [5, 5.41) is 2.48. The monoisotopic (exact) mass is 376 g/mol. The molecule has 0 N–H and O–H groups in total. The number of hydrogen-bond acceptors (Lipinski definition) is 4. The second-order valence-electron chi connectivity index (χ2n) is 4.80. The number of thiazole rings is 1. The Morgan fingerprint density at radius 3 is 2.77 bits per heavy atom. The number of hydrogen-bond donors (Lipinski definition) is 0. The number of nitrogens with zero attached hydrogens (tertiary/aromatic N) is 2. The SMILES string of the molecule is CN(Cc1ccc(Br)cc1)C(=O)c1csc(-c2ccco2)n1. The van der Waals surface area contributed by atoms with Gasteiger partial charge in [0.2, 0.25) is 0 Å². The van der Waals surface area contributed by atoms with Gasteiger partial charge >= 0.3 is 0 Å². The quantitative estimate of drug-likeness (QED) is 0.676. The van der Waals surface area contributed by atoms with Crippen LogP contribution in [-0.2, 0) is 6.54 Å². The van der Waals surface area contributed by atoms with Crippen molar-refractivity contribution in [3.05, 3.63) is 63.8 Å². The lowest BCUT2D eigenvalue weighted by atomic mass is 10.2. The Kier molecular flexibility index (Phi) is 4.40. The van der Waals surface area contributed by atoms with E-state index >= 15 is 0 Å². The number of benzene rings is 1. The Balaban J connectivity index is 1.72. The summed E-state index contributed by atoms with van der Waals surface area (Å²) in [5.41, 5.74) is 1.51. The third kappa shape index (κ3) is 3.28. The second kappa shape index (κ2) is 6.46. The normalized spacial score (nSPS) is 10.6. The van der Waals surface area contributed by atoms with E-state index in [1.807, 2.05) is 30.3 Å². The van der Waals surface area contributed by atoms with E-state index < -0.39 is 0 Å². The van der Waals surface area contributed by atoms with Crippen LogP contribution in [0.1, 0.15) is 16.1 Å². The molecule has 0 fully saturated rings. The van der Waals surface area contributed by atoms with E-state index in [1.54, 1.807) is 29.7 Å². The van der Waals surface area contributed by atoms with Crippen molar-refractivity contribution >= 4 is 33.2 Å². The molecule has 0 radical (unpaired) electrons. The maximum absolute atomic E-state index is 12.4. The van der Waals surface area contributed by atoms with Crippen molar-refractivity contribution in [2.45, 2.75) is 6.54 Å². The van der Waals surface area contributed by atoms with Gasteiger partial charge in [-0.3, -0.25) is 4.79 Å². The van der Waals surface area contributed by atoms with E-state index in [0.717, 1.165) is 10.0 Å². The first-order valence-corrected chi connectivity index (χ1v) is 8.30. The molecule has 6 heteroatoms. The van der Waals surface area contributed by atoms with Crippen LogP contribution in [0.15, 0.2) is 56.9 Å². The van der Waals surface area contributed by atoms with E-state index in [1.165, 1.54) is 11.3 Å². The Bertz CT molecular complexity index is 766. The molecule has 3 aromatic rings. The zero-order valence-electron chi connectivity index (χ0n) is 11.8. The Morgan fingerprint density at radius 2 is 2.09 bits per heavy atom. The molecule has 1 amide bonds. The molecule has 0 spiro atoms. The van der Waals surface area contributed by atoms with Gasteiger partial charge in [-0.2, -0.15) is 0 Å². The van der Waals surface area contributed by atoms with Crippen LogP contribution in [0.3, 0.4) is 0 Å². The van der Waals surface area contributed by atoms with Gasteiger partial charge in [0, 0.05) is 23.4 Å². The van der Waals surface area contributed by atoms with Crippen molar-refractivity contribution in [3.8, 4) is 10.8 Å². The molecular formula is C16H13BrN2O2S.